The number of rotatable bonds is 14. The van der Waals surface area contributed by atoms with E-state index in [4.69, 9.17) is 39.5 Å². The van der Waals surface area contributed by atoms with Gasteiger partial charge in [-0.25, -0.2) is 8.42 Å². The third-order valence-electron chi connectivity index (χ3n) is 7.64. The Morgan fingerprint density at radius 2 is 1.52 bits per heavy atom. The molecule has 0 aromatic heterocycles. The summed E-state index contributed by atoms with van der Waals surface area (Å²) in [7, 11) is -2.98. The molecule has 254 valence electrons. The van der Waals surface area contributed by atoms with Crippen LogP contribution in [0.3, 0.4) is 0 Å². The second kappa shape index (κ2) is 16.6. The van der Waals surface area contributed by atoms with Crippen LogP contribution >= 0.6 is 34.8 Å². The summed E-state index contributed by atoms with van der Waals surface area (Å²) in [6.45, 7) is 5.27. The van der Waals surface area contributed by atoms with Crippen molar-refractivity contribution >= 4 is 62.3 Å². The van der Waals surface area contributed by atoms with Crippen LogP contribution in [-0.2, 0) is 32.6 Å². The quantitative estimate of drug-likeness (QED) is 0.144. The van der Waals surface area contributed by atoms with E-state index in [0.717, 1.165) is 15.4 Å². The van der Waals surface area contributed by atoms with Gasteiger partial charge in [-0.05, 0) is 60.9 Å². The summed E-state index contributed by atoms with van der Waals surface area (Å²) in [6.07, 6.45) is 0.143. The minimum Gasteiger partial charge on any atom is -0.495 e. The highest BCUT2D eigenvalue weighted by Crippen LogP contribution is 2.35. The van der Waals surface area contributed by atoms with Crippen LogP contribution < -0.4 is 14.4 Å². The summed E-state index contributed by atoms with van der Waals surface area (Å²) in [5, 5.41) is 3.78. The number of hydrogen-bond donors (Lipinski definition) is 1. The van der Waals surface area contributed by atoms with Gasteiger partial charge in [0.15, 0.2) is 0 Å². The average Bonchev–Trinajstić information content (AvgIpc) is 3.05. The number of halogens is 3. The van der Waals surface area contributed by atoms with Crippen LogP contribution in [0.25, 0.3) is 0 Å². The van der Waals surface area contributed by atoms with Crippen molar-refractivity contribution in [3.8, 4) is 5.75 Å². The first kappa shape index (κ1) is 37.1. The summed E-state index contributed by atoms with van der Waals surface area (Å²) in [4.78, 5) is 30.0. The molecule has 4 rings (SSSR count). The first-order valence-corrected chi connectivity index (χ1v) is 17.9. The van der Waals surface area contributed by atoms with Gasteiger partial charge in [-0.15, -0.1) is 0 Å². The number of sulfonamides is 1. The van der Waals surface area contributed by atoms with Crippen LogP contribution in [0.5, 0.6) is 5.75 Å². The number of carbonyl (C=O) groups excluding carboxylic acids is 2. The van der Waals surface area contributed by atoms with E-state index in [1.54, 1.807) is 36.4 Å². The molecule has 0 aliphatic heterocycles. The van der Waals surface area contributed by atoms with Crippen LogP contribution in [0.15, 0.2) is 95.9 Å². The van der Waals surface area contributed by atoms with Gasteiger partial charge < -0.3 is 15.0 Å². The first-order chi connectivity index (χ1) is 22.8. The molecule has 0 unspecified atom stereocenters. The van der Waals surface area contributed by atoms with Gasteiger partial charge in [0, 0.05) is 40.1 Å². The van der Waals surface area contributed by atoms with Crippen LogP contribution in [-0.4, -0.2) is 51.4 Å². The lowest BCUT2D eigenvalue weighted by molar-refractivity contribution is -0.140. The predicted molar refractivity (Wildman–Crippen MR) is 193 cm³/mol. The Bertz CT molecular complexity index is 1820. The molecule has 0 saturated heterocycles. The Kier molecular flexibility index (Phi) is 12.8. The molecule has 0 spiro atoms. The SMILES string of the molecule is COc1ccc(Cl)cc1N(CC(=O)N(Cc1c(Cl)cccc1Cl)[C@@H](Cc1ccccc1)C(=O)NCC(C)C)S(=O)(=O)c1ccc(C)cc1. The minimum absolute atomic E-state index is 0.0425. The molecular formula is C36H38Cl3N3O5S. The molecule has 2 amide bonds. The Labute approximate surface area is 297 Å². The van der Waals surface area contributed by atoms with Gasteiger partial charge in [0.05, 0.1) is 17.7 Å². The molecular weight excluding hydrogens is 693 g/mol. The standard InChI is InChI=1S/C36H38Cl3N3O5S/c1-24(2)21-40-36(44)33(19-26-9-6-5-7-10-26)41(22-29-30(38)11-8-12-31(29)39)35(43)23-42(32-20-27(37)15-18-34(32)47-4)48(45,46)28-16-13-25(3)14-17-28/h5-18,20,24,33H,19,21-23H2,1-4H3,(H,40,44)/t33-/m0/s1. The topological polar surface area (TPSA) is 96.0 Å². The molecule has 0 heterocycles. The summed E-state index contributed by atoms with van der Waals surface area (Å²) in [5.41, 5.74) is 2.12. The van der Waals surface area contributed by atoms with E-state index in [2.05, 4.69) is 5.32 Å². The lowest BCUT2D eigenvalue weighted by Crippen LogP contribution is -2.53. The van der Waals surface area contributed by atoms with Gasteiger partial charge in [0.2, 0.25) is 11.8 Å². The maximum absolute atomic E-state index is 14.7. The molecule has 12 heteroatoms. The number of benzene rings is 4. The molecule has 4 aromatic rings. The van der Waals surface area contributed by atoms with Crippen LogP contribution in [0.2, 0.25) is 15.1 Å². The number of hydrogen-bond acceptors (Lipinski definition) is 5. The summed E-state index contributed by atoms with van der Waals surface area (Å²) < 4.78 is 35.2. The van der Waals surface area contributed by atoms with E-state index in [1.807, 2.05) is 51.1 Å². The number of methoxy groups -OCH3 is 1. The fraction of sp³-hybridized carbons (Fsp3) is 0.278. The highest BCUT2D eigenvalue weighted by molar-refractivity contribution is 7.92. The summed E-state index contributed by atoms with van der Waals surface area (Å²) in [5.74, 6) is -0.764. The predicted octanol–water partition coefficient (Wildman–Crippen LogP) is 7.57. The van der Waals surface area contributed by atoms with Crippen molar-refractivity contribution in [3.63, 3.8) is 0 Å². The zero-order valence-electron chi connectivity index (χ0n) is 27.1. The fourth-order valence-electron chi connectivity index (χ4n) is 5.04. The maximum Gasteiger partial charge on any atom is 0.264 e. The first-order valence-electron chi connectivity index (χ1n) is 15.3. The fourth-order valence-corrected chi connectivity index (χ4v) is 7.14. The van der Waals surface area contributed by atoms with Crippen molar-refractivity contribution in [2.75, 3.05) is 24.5 Å². The molecule has 0 aliphatic carbocycles. The highest BCUT2D eigenvalue weighted by atomic mass is 35.5. The number of nitrogens with zero attached hydrogens (tertiary/aromatic N) is 2. The van der Waals surface area contributed by atoms with E-state index >= 15 is 0 Å². The molecule has 0 saturated carbocycles. The Balaban J connectivity index is 1.88. The number of nitrogens with one attached hydrogen (secondary N) is 1. The number of aryl methyl sites for hydroxylation is 1. The molecule has 0 bridgehead atoms. The molecule has 4 aromatic carbocycles. The van der Waals surface area contributed by atoms with Gasteiger partial charge in [-0.3, -0.25) is 13.9 Å². The zero-order valence-corrected chi connectivity index (χ0v) is 30.2. The molecule has 0 aliphatic rings. The van der Waals surface area contributed by atoms with Crippen molar-refractivity contribution < 1.29 is 22.7 Å². The molecule has 1 N–H and O–H groups in total. The van der Waals surface area contributed by atoms with E-state index in [9.17, 15) is 18.0 Å². The third kappa shape index (κ3) is 9.23. The number of amides is 2. The summed E-state index contributed by atoms with van der Waals surface area (Å²) in [6, 6.07) is 24.0. The lowest BCUT2D eigenvalue weighted by atomic mass is 10.0. The monoisotopic (exact) mass is 729 g/mol. The zero-order chi connectivity index (χ0) is 35.0. The van der Waals surface area contributed by atoms with Gasteiger partial charge >= 0.3 is 0 Å². The van der Waals surface area contributed by atoms with Crippen LogP contribution in [0.1, 0.15) is 30.5 Å². The van der Waals surface area contributed by atoms with Gasteiger partial charge in [-0.1, -0.05) is 103 Å². The largest absolute Gasteiger partial charge is 0.495 e. The lowest BCUT2D eigenvalue weighted by Gasteiger charge is -2.34. The van der Waals surface area contributed by atoms with Crippen molar-refractivity contribution in [1.29, 1.82) is 0 Å². The Morgan fingerprint density at radius 1 is 0.875 bits per heavy atom. The smallest absolute Gasteiger partial charge is 0.264 e. The van der Waals surface area contributed by atoms with Crippen LogP contribution in [0, 0.1) is 12.8 Å². The maximum atomic E-state index is 14.7. The van der Waals surface area contributed by atoms with Crippen molar-refractivity contribution in [2.24, 2.45) is 5.92 Å². The molecule has 0 radical (unpaired) electrons. The number of carbonyl (C=O) groups is 2. The van der Waals surface area contributed by atoms with Crippen molar-refractivity contribution in [1.82, 2.24) is 10.2 Å². The average molecular weight is 731 g/mol. The van der Waals surface area contributed by atoms with Gasteiger partial charge in [0.25, 0.3) is 10.0 Å². The Morgan fingerprint density at radius 3 is 2.12 bits per heavy atom. The normalized spacial score (nSPS) is 12.0. The van der Waals surface area contributed by atoms with Crippen LogP contribution in [0.4, 0.5) is 5.69 Å². The minimum atomic E-state index is -4.37. The summed E-state index contributed by atoms with van der Waals surface area (Å²) >= 11 is 19.5. The van der Waals surface area contributed by atoms with Gasteiger partial charge in [0.1, 0.15) is 18.3 Å². The molecule has 0 fully saturated rings. The van der Waals surface area contributed by atoms with Crippen molar-refractivity contribution in [3.05, 3.63) is 123 Å². The van der Waals surface area contributed by atoms with E-state index in [1.165, 1.54) is 36.3 Å². The second-order valence-electron chi connectivity index (χ2n) is 11.7. The van der Waals surface area contributed by atoms with E-state index in [0.29, 0.717) is 22.2 Å². The van der Waals surface area contributed by atoms with E-state index < -0.39 is 34.4 Å². The number of anilines is 1. The van der Waals surface area contributed by atoms with E-state index in [-0.39, 0.29) is 40.2 Å². The van der Waals surface area contributed by atoms with Gasteiger partial charge in [-0.2, -0.15) is 0 Å². The highest BCUT2D eigenvalue weighted by Gasteiger charge is 2.36. The third-order valence-corrected chi connectivity index (χ3v) is 10.4. The molecule has 8 nitrogen and oxygen atoms in total. The molecule has 48 heavy (non-hydrogen) atoms. The number of ether oxygens (including phenoxy) is 1. The Hall–Kier alpha value is -3.76. The second-order valence-corrected chi connectivity index (χ2v) is 14.8. The van der Waals surface area contributed by atoms with Crippen molar-refractivity contribution in [2.45, 2.75) is 44.7 Å². The molecule has 1 atom stereocenters.